The first-order valence-corrected chi connectivity index (χ1v) is 7.78. The molecule has 0 bridgehead atoms. The summed E-state index contributed by atoms with van der Waals surface area (Å²) in [5.41, 5.74) is 0. The molecule has 0 saturated heterocycles. The van der Waals surface area contributed by atoms with Crippen LogP contribution in [0.25, 0.3) is 0 Å². The van der Waals surface area contributed by atoms with Crippen LogP contribution in [0, 0.1) is 0 Å². The topological polar surface area (TPSA) is 12.0 Å². The Labute approximate surface area is 112 Å². The number of thiophene rings is 1. The minimum absolute atomic E-state index is 0.574. The van der Waals surface area contributed by atoms with E-state index in [1.165, 1.54) is 28.6 Å². The quantitative estimate of drug-likeness (QED) is 0.775. The van der Waals surface area contributed by atoms with Crippen LogP contribution in [-0.4, -0.2) is 12.1 Å². The molecule has 1 atom stereocenters. The van der Waals surface area contributed by atoms with Gasteiger partial charge in [-0.3, -0.25) is 0 Å². The number of unbranched alkanes of at least 4 members (excludes halogenated alkanes) is 1. The van der Waals surface area contributed by atoms with Gasteiger partial charge in [0.1, 0.15) is 0 Å². The third-order valence-electron chi connectivity index (χ3n) is 2.54. The maximum Gasteiger partial charge on any atom is 0.0285 e. The number of nitrogens with one attached hydrogen (secondary N) is 1. The molecule has 0 radical (unpaired) electrons. The predicted octanol–water partition coefficient (Wildman–Crippen LogP) is 4.61. The zero-order valence-corrected chi connectivity index (χ0v) is 12.8. The van der Waals surface area contributed by atoms with E-state index in [1.54, 1.807) is 0 Å². The Morgan fingerprint density at radius 3 is 2.69 bits per heavy atom. The van der Waals surface area contributed by atoms with Gasteiger partial charge in [-0.25, -0.2) is 0 Å². The Morgan fingerprint density at radius 1 is 1.44 bits per heavy atom. The Balaban J connectivity index is 2.48. The Morgan fingerprint density at radius 2 is 2.19 bits per heavy atom. The van der Waals surface area contributed by atoms with Crippen molar-refractivity contribution in [3.63, 3.8) is 0 Å². The summed E-state index contributed by atoms with van der Waals surface area (Å²) in [6.45, 7) is 6.71. The summed E-state index contributed by atoms with van der Waals surface area (Å²) >= 11 is 5.37. The van der Waals surface area contributed by atoms with Crippen molar-refractivity contribution >= 4 is 27.3 Å². The average Bonchev–Trinajstić information content (AvgIpc) is 2.59. The van der Waals surface area contributed by atoms with E-state index in [9.17, 15) is 0 Å². The number of hydrogen-bond acceptors (Lipinski definition) is 2. The molecule has 1 unspecified atom stereocenters. The van der Waals surface area contributed by atoms with Crippen LogP contribution in [0.15, 0.2) is 15.9 Å². The van der Waals surface area contributed by atoms with Crippen LogP contribution < -0.4 is 5.32 Å². The Kier molecular flexibility index (Phi) is 6.62. The highest BCUT2D eigenvalue weighted by Crippen LogP contribution is 2.22. The van der Waals surface area contributed by atoms with Crippen molar-refractivity contribution in [3.8, 4) is 0 Å². The lowest BCUT2D eigenvalue weighted by Gasteiger charge is -2.20. The maximum atomic E-state index is 3.66. The Bertz CT molecular complexity index is 296. The minimum Gasteiger partial charge on any atom is -0.311 e. The molecule has 0 aliphatic carbocycles. The average molecular weight is 304 g/mol. The van der Waals surface area contributed by atoms with Gasteiger partial charge in [-0.2, -0.15) is 0 Å². The largest absolute Gasteiger partial charge is 0.311 e. The van der Waals surface area contributed by atoms with Gasteiger partial charge in [0.25, 0.3) is 0 Å². The zero-order chi connectivity index (χ0) is 12.0. The van der Waals surface area contributed by atoms with Crippen LogP contribution in [-0.2, 0) is 6.42 Å². The molecule has 1 aromatic rings. The van der Waals surface area contributed by atoms with E-state index in [-0.39, 0.29) is 0 Å². The molecule has 3 heteroatoms. The monoisotopic (exact) mass is 303 g/mol. The van der Waals surface area contributed by atoms with E-state index in [0.29, 0.717) is 12.1 Å². The molecule has 1 nitrogen and oxygen atoms in total. The van der Waals surface area contributed by atoms with E-state index in [4.69, 9.17) is 0 Å². The molecule has 0 aliphatic heterocycles. The molecule has 92 valence electrons. The van der Waals surface area contributed by atoms with Crippen molar-refractivity contribution in [1.29, 1.82) is 0 Å². The predicted molar refractivity (Wildman–Crippen MR) is 77.3 cm³/mol. The molecule has 1 heterocycles. The molecule has 0 fully saturated rings. The molecular formula is C13H22BrNS. The standard InChI is InChI=1S/C13H22BrNS/c1-4-5-6-12(15-10(2)3)8-13-7-11(14)9-16-13/h7,9-10,12,15H,4-6,8H2,1-3H3. The third-order valence-corrected chi connectivity index (χ3v) is 4.26. The van der Waals surface area contributed by atoms with Gasteiger partial charge in [-0.15, -0.1) is 11.3 Å². The number of rotatable bonds is 7. The second kappa shape index (κ2) is 7.46. The molecular weight excluding hydrogens is 282 g/mol. The molecule has 1 rings (SSSR count). The second-order valence-electron chi connectivity index (χ2n) is 4.60. The van der Waals surface area contributed by atoms with Crippen LogP contribution in [0.2, 0.25) is 0 Å². The van der Waals surface area contributed by atoms with Crippen molar-refractivity contribution in [2.45, 2.75) is 58.5 Å². The van der Waals surface area contributed by atoms with Gasteiger partial charge in [0.2, 0.25) is 0 Å². The summed E-state index contributed by atoms with van der Waals surface area (Å²) in [5, 5.41) is 5.83. The summed E-state index contributed by atoms with van der Waals surface area (Å²) in [4.78, 5) is 1.47. The maximum absolute atomic E-state index is 3.66. The second-order valence-corrected chi connectivity index (χ2v) is 6.51. The molecule has 0 aliphatic rings. The van der Waals surface area contributed by atoms with E-state index in [0.717, 1.165) is 6.42 Å². The highest BCUT2D eigenvalue weighted by Gasteiger charge is 2.11. The van der Waals surface area contributed by atoms with Gasteiger partial charge in [-0.1, -0.05) is 33.6 Å². The van der Waals surface area contributed by atoms with Gasteiger partial charge in [-0.05, 0) is 34.8 Å². The Hall–Kier alpha value is 0.140. The SMILES string of the molecule is CCCCC(Cc1cc(Br)cs1)NC(C)C. The van der Waals surface area contributed by atoms with E-state index < -0.39 is 0 Å². The van der Waals surface area contributed by atoms with Gasteiger partial charge in [0.15, 0.2) is 0 Å². The summed E-state index contributed by atoms with van der Waals surface area (Å²) in [6.07, 6.45) is 5.04. The van der Waals surface area contributed by atoms with E-state index in [2.05, 4.69) is 53.5 Å². The molecule has 16 heavy (non-hydrogen) atoms. The van der Waals surface area contributed by atoms with Gasteiger partial charge >= 0.3 is 0 Å². The molecule has 0 amide bonds. The molecule has 0 saturated carbocycles. The lowest BCUT2D eigenvalue weighted by Crippen LogP contribution is -2.36. The molecule has 1 N–H and O–H groups in total. The van der Waals surface area contributed by atoms with Crippen LogP contribution in [0.4, 0.5) is 0 Å². The lowest BCUT2D eigenvalue weighted by molar-refractivity contribution is 0.426. The summed E-state index contributed by atoms with van der Waals surface area (Å²) in [6, 6.07) is 3.45. The molecule has 1 aromatic heterocycles. The van der Waals surface area contributed by atoms with E-state index >= 15 is 0 Å². The first kappa shape index (κ1) is 14.2. The van der Waals surface area contributed by atoms with Gasteiger partial charge in [0, 0.05) is 26.8 Å². The highest BCUT2D eigenvalue weighted by atomic mass is 79.9. The normalized spacial score (nSPS) is 13.3. The van der Waals surface area contributed by atoms with Crippen LogP contribution in [0.5, 0.6) is 0 Å². The van der Waals surface area contributed by atoms with Gasteiger partial charge in [0.05, 0.1) is 0 Å². The van der Waals surface area contributed by atoms with Crippen molar-refractivity contribution in [3.05, 3.63) is 20.8 Å². The van der Waals surface area contributed by atoms with Crippen LogP contribution in [0.3, 0.4) is 0 Å². The van der Waals surface area contributed by atoms with Crippen LogP contribution in [0.1, 0.15) is 44.9 Å². The van der Waals surface area contributed by atoms with Crippen molar-refractivity contribution in [1.82, 2.24) is 5.32 Å². The number of hydrogen-bond donors (Lipinski definition) is 1. The highest BCUT2D eigenvalue weighted by molar-refractivity contribution is 9.10. The van der Waals surface area contributed by atoms with E-state index in [1.807, 2.05) is 11.3 Å². The summed E-state index contributed by atoms with van der Waals surface area (Å²) in [5.74, 6) is 0. The molecule has 0 aromatic carbocycles. The summed E-state index contributed by atoms with van der Waals surface area (Å²) < 4.78 is 1.21. The van der Waals surface area contributed by atoms with Crippen molar-refractivity contribution in [2.24, 2.45) is 0 Å². The fourth-order valence-corrected chi connectivity index (χ4v) is 3.40. The zero-order valence-electron chi connectivity index (χ0n) is 10.4. The van der Waals surface area contributed by atoms with Crippen LogP contribution >= 0.6 is 27.3 Å². The first-order chi connectivity index (χ1) is 7.61. The smallest absolute Gasteiger partial charge is 0.0285 e. The van der Waals surface area contributed by atoms with Crippen molar-refractivity contribution in [2.75, 3.05) is 0 Å². The van der Waals surface area contributed by atoms with Gasteiger partial charge < -0.3 is 5.32 Å². The lowest BCUT2D eigenvalue weighted by atomic mass is 10.0. The fraction of sp³-hybridized carbons (Fsp3) is 0.692. The third kappa shape index (κ3) is 5.46. The van der Waals surface area contributed by atoms with Crippen molar-refractivity contribution < 1.29 is 0 Å². The minimum atomic E-state index is 0.574. The number of halogens is 1. The fourth-order valence-electron chi connectivity index (χ4n) is 1.87. The first-order valence-electron chi connectivity index (χ1n) is 6.10. The molecule has 0 spiro atoms. The summed E-state index contributed by atoms with van der Waals surface area (Å²) in [7, 11) is 0.